The highest BCUT2D eigenvalue weighted by atomic mass is 16.2. The van der Waals surface area contributed by atoms with E-state index in [4.69, 9.17) is 5.73 Å². The van der Waals surface area contributed by atoms with Crippen molar-refractivity contribution in [3.63, 3.8) is 0 Å². The number of hydrogen-bond acceptors (Lipinski definition) is 3. The molecule has 0 radical (unpaired) electrons. The van der Waals surface area contributed by atoms with Gasteiger partial charge >= 0.3 is 0 Å². The Kier molecular flexibility index (Phi) is 3.70. The van der Waals surface area contributed by atoms with Crippen molar-refractivity contribution in [2.24, 2.45) is 5.73 Å². The van der Waals surface area contributed by atoms with Gasteiger partial charge in [0.15, 0.2) is 0 Å². The van der Waals surface area contributed by atoms with Gasteiger partial charge in [-0.25, -0.2) is 0 Å². The van der Waals surface area contributed by atoms with Crippen LogP contribution in [0.2, 0.25) is 0 Å². The molecule has 0 aromatic rings. The summed E-state index contributed by atoms with van der Waals surface area (Å²) in [5.41, 5.74) is 6.17. The van der Waals surface area contributed by atoms with Gasteiger partial charge in [-0.05, 0) is 52.6 Å². The molecule has 0 heterocycles. The zero-order chi connectivity index (χ0) is 13.4. The number of amides is 1. The molecule has 4 heteroatoms. The maximum atomic E-state index is 12.2. The Bertz CT molecular complexity index is 319. The Hall–Kier alpha value is -0.610. The van der Waals surface area contributed by atoms with Gasteiger partial charge in [0.25, 0.3) is 0 Å². The van der Waals surface area contributed by atoms with E-state index in [1.54, 1.807) is 0 Å². The highest BCUT2D eigenvalue weighted by molar-refractivity contribution is 5.77. The number of nitrogens with two attached hydrogens (primary N) is 1. The summed E-state index contributed by atoms with van der Waals surface area (Å²) in [5, 5.41) is 0. The summed E-state index contributed by atoms with van der Waals surface area (Å²) in [4.78, 5) is 16.4. The molecule has 0 bridgehead atoms. The van der Waals surface area contributed by atoms with Crippen LogP contribution in [0.25, 0.3) is 0 Å². The van der Waals surface area contributed by atoms with E-state index in [0.717, 1.165) is 19.4 Å². The smallest absolute Gasteiger partial charge is 0.224 e. The topological polar surface area (TPSA) is 49.6 Å². The molecule has 2 aliphatic carbocycles. The van der Waals surface area contributed by atoms with Crippen LogP contribution in [0.3, 0.4) is 0 Å². The van der Waals surface area contributed by atoms with Crippen LogP contribution in [0.5, 0.6) is 0 Å². The van der Waals surface area contributed by atoms with Gasteiger partial charge in [0.2, 0.25) is 5.91 Å². The molecule has 2 N–H and O–H groups in total. The lowest BCUT2D eigenvalue weighted by Gasteiger charge is -2.49. The molecule has 0 atom stereocenters. The number of carbonyl (C=O) groups excluding carboxylic acids is 1. The predicted molar refractivity (Wildman–Crippen MR) is 73.3 cm³/mol. The minimum absolute atomic E-state index is 0.198. The number of likely N-dealkylation sites (N-methyl/N-ethyl adjacent to an activating group) is 2. The fourth-order valence-corrected chi connectivity index (χ4v) is 3.11. The summed E-state index contributed by atoms with van der Waals surface area (Å²) in [6.45, 7) is 0.842. The first-order chi connectivity index (χ1) is 8.37. The van der Waals surface area contributed by atoms with Gasteiger partial charge in [-0.1, -0.05) is 0 Å². The van der Waals surface area contributed by atoms with E-state index in [0.29, 0.717) is 6.42 Å². The average molecular weight is 253 g/mol. The van der Waals surface area contributed by atoms with E-state index < -0.39 is 0 Å². The summed E-state index contributed by atoms with van der Waals surface area (Å²) in [6.07, 6.45) is 7.39. The van der Waals surface area contributed by atoms with Crippen molar-refractivity contribution in [1.82, 2.24) is 9.80 Å². The monoisotopic (exact) mass is 253 g/mol. The van der Waals surface area contributed by atoms with E-state index in [1.807, 2.05) is 11.9 Å². The second-order valence-electron chi connectivity index (χ2n) is 6.61. The van der Waals surface area contributed by atoms with Gasteiger partial charge in [-0.3, -0.25) is 4.79 Å². The van der Waals surface area contributed by atoms with E-state index in [1.165, 1.54) is 25.7 Å². The molecular formula is C14H27N3O. The lowest BCUT2D eigenvalue weighted by molar-refractivity contribution is -0.134. The number of hydrogen-bond donors (Lipinski definition) is 1. The molecule has 0 aliphatic heterocycles. The Morgan fingerprint density at radius 1 is 1.11 bits per heavy atom. The van der Waals surface area contributed by atoms with Gasteiger partial charge in [-0.2, -0.15) is 0 Å². The number of nitrogens with zero attached hydrogens (tertiary/aromatic N) is 2. The minimum Gasteiger partial charge on any atom is -0.344 e. The SMILES string of the molecule is CN(CC1(N(C)C)CCC1)C(=O)CC1(N)CCC1. The molecule has 0 unspecified atom stereocenters. The third kappa shape index (κ3) is 2.54. The van der Waals surface area contributed by atoms with Crippen molar-refractivity contribution >= 4 is 5.91 Å². The first-order valence-electron chi connectivity index (χ1n) is 7.07. The van der Waals surface area contributed by atoms with Crippen molar-refractivity contribution < 1.29 is 4.79 Å². The number of carbonyl (C=O) groups is 1. The van der Waals surface area contributed by atoms with Crippen LogP contribution in [0, 0.1) is 0 Å². The van der Waals surface area contributed by atoms with E-state index in [9.17, 15) is 4.79 Å². The van der Waals surface area contributed by atoms with Crippen molar-refractivity contribution in [1.29, 1.82) is 0 Å². The van der Waals surface area contributed by atoms with Gasteiger partial charge in [0, 0.05) is 31.1 Å². The fourth-order valence-electron chi connectivity index (χ4n) is 3.11. The first kappa shape index (κ1) is 13.8. The summed E-state index contributed by atoms with van der Waals surface area (Å²) in [6, 6.07) is 0. The zero-order valence-corrected chi connectivity index (χ0v) is 12.0. The summed E-state index contributed by atoms with van der Waals surface area (Å²) in [7, 11) is 6.16. The summed E-state index contributed by atoms with van der Waals surface area (Å²) < 4.78 is 0. The van der Waals surface area contributed by atoms with E-state index in [2.05, 4.69) is 19.0 Å². The number of rotatable bonds is 5. The second kappa shape index (κ2) is 4.82. The van der Waals surface area contributed by atoms with Gasteiger partial charge < -0.3 is 15.5 Å². The lowest BCUT2D eigenvalue weighted by Crippen LogP contribution is -2.58. The van der Waals surface area contributed by atoms with Crippen LogP contribution in [0.15, 0.2) is 0 Å². The van der Waals surface area contributed by atoms with Crippen LogP contribution in [0.4, 0.5) is 0 Å². The van der Waals surface area contributed by atoms with Crippen molar-refractivity contribution in [2.75, 3.05) is 27.7 Å². The second-order valence-corrected chi connectivity index (χ2v) is 6.61. The third-order valence-electron chi connectivity index (χ3n) is 5.04. The van der Waals surface area contributed by atoms with E-state index >= 15 is 0 Å². The summed E-state index contributed by atoms with van der Waals surface area (Å²) in [5.74, 6) is 0.213. The standard InChI is InChI=1S/C14H27N3O/c1-16(2)14(8-5-9-14)11-17(3)12(18)10-13(15)6-4-7-13/h4-11,15H2,1-3H3. The lowest BCUT2D eigenvalue weighted by atomic mass is 9.74. The maximum absolute atomic E-state index is 12.2. The van der Waals surface area contributed by atoms with Gasteiger partial charge in [0.1, 0.15) is 0 Å². The quantitative estimate of drug-likeness (QED) is 0.801. The molecule has 1 amide bonds. The molecule has 104 valence electrons. The Morgan fingerprint density at radius 2 is 1.67 bits per heavy atom. The minimum atomic E-state index is -0.198. The molecule has 0 saturated heterocycles. The molecule has 2 aliphatic rings. The molecular weight excluding hydrogens is 226 g/mol. The fraction of sp³-hybridized carbons (Fsp3) is 0.929. The maximum Gasteiger partial charge on any atom is 0.224 e. The van der Waals surface area contributed by atoms with Gasteiger partial charge in [-0.15, -0.1) is 0 Å². The Morgan fingerprint density at radius 3 is 2.00 bits per heavy atom. The Balaban J connectivity index is 1.87. The van der Waals surface area contributed by atoms with Crippen molar-refractivity contribution in [3.8, 4) is 0 Å². The predicted octanol–water partition coefficient (Wildman–Crippen LogP) is 1.20. The molecule has 2 saturated carbocycles. The van der Waals surface area contributed by atoms with Crippen LogP contribution in [-0.2, 0) is 4.79 Å². The Labute approximate surface area is 110 Å². The molecule has 0 aromatic heterocycles. The van der Waals surface area contributed by atoms with Crippen LogP contribution in [-0.4, -0.2) is 54.5 Å². The normalized spacial score (nSPS) is 24.3. The largest absolute Gasteiger partial charge is 0.344 e. The highest BCUT2D eigenvalue weighted by Crippen LogP contribution is 2.37. The zero-order valence-electron chi connectivity index (χ0n) is 12.0. The molecule has 2 rings (SSSR count). The van der Waals surface area contributed by atoms with Gasteiger partial charge in [0.05, 0.1) is 0 Å². The molecule has 0 spiro atoms. The molecule has 4 nitrogen and oxygen atoms in total. The average Bonchev–Trinajstić information content (AvgIpc) is 2.20. The van der Waals surface area contributed by atoms with Crippen molar-refractivity contribution in [2.45, 2.75) is 56.0 Å². The summed E-state index contributed by atoms with van der Waals surface area (Å²) >= 11 is 0. The van der Waals surface area contributed by atoms with Crippen LogP contribution in [0.1, 0.15) is 44.9 Å². The van der Waals surface area contributed by atoms with Crippen LogP contribution < -0.4 is 5.73 Å². The van der Waals surface area contributed by atoms with E-state index in [-0.39, 0.29) is 17.0 Å². The molecule has 18 heavy (non-hydrogen) atoms. The van der Waals surface area contributed by atoms with Crippen LogP contribution >= 0.6 is 0 Å². The third-order valence-corrected chi connectivity index (χ3v) is 5.04. The highest BCUT2D eigenvalue weighted by Gasteiger charge is 2.42. The van der Waals surface area contributed by atoms with Crippen molar-refractivity contribution in [3.05, 3.63) is 0 Å². The first-order valence-corrected chi connectivity index (χ1v) is 7.07. The molecule has 0 aromatic carbocycles. The molecule has 2 fully saturated rings.